The van der Waals surface area contributed by atoms with E-state index in [2.05, 4.69) is 14.5 Å². The highest BCUT2D eigenvalue weighted by Gasteiger charge is 2.16. The first-order valence-electron chi connectivity index (χ1n) is 8.98. The third kappa shape index (κ3) is 5.73. The average Bonchev–Trinajstić information content (AvgIpc) is 3.03. The van der Waals surface area contributed by atoms with Gasteiger partial charge in [-0.05, 0) is 50.4 Å². The molecular weight excluding hydrogens is 338 g/mol. The minimum absolute atomic E-state index is 0.164. The van der Waals surface area contributed by atoms with Crippen molar-refractivity contribution in [2.45, 2.75) is 44.9 Å². The van der Waals surface area contributed by atoms with Crippen molar-refractivity contribution < 1.29 is 9.84 Å². The Hall–Kier alpha value is -1.56. The van der Waals surface area contributed by atoms with Gasteiger partial charge < -0.3 is 14.4 Å². The van der Waals surface area contributed by atoms with Crippen LogP contribution in [-0.4, -0.2) is 45.4 Å². The van der Waals surface area contributed by atoms with Gasteiger partial charge in [-0.1, -0.05) is 11.6 Å². The van der Waals surface area contributed by atoms with Crippen molar-refractivity contribution in [3.05, 3.63) is 47.5 Å². The number of benzene rings is 1. The molecule has 2 aromatic rings. The molecule has 1 atom stereocenters. The van der Waals surface area contributed by atoms with Gasteiger partial charge in [0.05, 0.1) is 19.0 Å². The van der Waals surface area contributed by atoms with E-state index in [4.69, 9.17) is 16.3 Å². The molecule has 1 aliphatic heterocycles. The third-order valence-electron chi connectivity index (χ3n) is 4.58. The molecule has 6 heteroatoms. The summed E-state index contributed by atoms with van der Waals surface area (Å²) in [5, 5.41) is 10.5. The lowest BCUT2D eigenvalue weighted by Gasteiger charge is -2.22. The molecule has 1 aliphatic rings. The third-order valence-corrected chi connectivity index (χ3v) is 4.82. The molecule has 1 N–H and O–H groups in total. The second kappa shape index (κ2) is 9.22. The van der Waals surface area contributed by atoms with Crippen LogP contribution in [0.4, 0.5) is 0 Å². The van der Waals surface area contributed by atoms with Crippen molar-refractivity contribution in [1.82, 2.24) is 14.5 Å². The first kappa shape index (κ1) is 18.2. The Morgan fingerprint density at radius 3 is 3.04 bits per heavy atom. The number of aliphatic hydroxyl groups excluding tert-OH is 1. The Balaban J connectivity index is 1.55. The molecule has 0 bridgehead atoms. The normalized spacial score (nSPS) is 18.9. The smallest absolute Gasteiger partial charge is 0.123 e. The second-order valence-electron chi connectivity index (χ2n) is 6.62. The van der Waals surface area contributed by atoms with E-state index in [-0.39, 0.29) is 6.10 Å². The quantitative estimate of drug-likeness (QED) is 0.766. The molecular formula is C19H26ClN3O2. The molecule has 1 saturated heterocycles. The summed E-state index contributed by atoms with van der Waals surface area (Å²) in [7, 11) is 0. The Morgan fingerprint density at radius 1 is 1.28 bits per heavy atom. The van der Waals surface area contributed by atoms with Gasteiger partial charge in [0, 0.05) is 42.6 Å². The lowest BCUT2D eigenvalue weighted by molar-refractivity contribution is 0.154. The zero-order valence-corrected chi connectivity index (χ0v) is 15.2. The lowest BCUT2D eigenvalue weighted by atomic mass is 10.1. The summed E-state index contributed by atoms with van der Waals surface area (Å²) in [4.78, 5) is 6.42. The monoisotopic (exact) mass is 363 g/mol. The number of aryl methyl sites for hydroxylation is 1. The highest BCUT2D eigenvalue weighted by Crippen LogP contribution is 2.25. The molecule has 2 heterocycles. The van der Waals surface area contributed by atoms with Crippen LogP contribution < -0.4 is 4.74 Å². The Labute approximate surface area is 154 Å². The minimum Gasteiger partial charge on any atom is -0.493 e. The molecule has 1 fully saturated rings. The van der Waals surface area contributed by atoms with Crippen molar-refractivity contribution in [2.75, 3.05) is 19.7 Å². The first-order chi connectivity index (χ1) is 12.2. The summed E-state index contributed by atoms with van der Waals surface area (Å²) < 4.78 is 8.07. The van der Waals surface area contributed by atoms with Crippen LogP contribution in [0.3, 0.4) is 0 Å². The Kier molecular flexibility index (Phi) is 6.73. The van der Waals surface area contributed by atoms with Crippen molar-refractivity contribution in [2.24, 2.45) is 0 Å². The maximum absolute atomic E-state index is 9.81. The van der Waals surface area contributed by atoms with Gasteiger partial charge in [0.25, 0.3) is 0 Å². The molecule has 0 radical (unpaired) electrons. The highest BCUT2D eigenvalue weighted by molar-refractivity contribution is 6.30. The molecule has 1 aromatic heterocycles. The number of ether oxygens (including phenoxy) is 1. The summed E-state index contributed by atoms with van der Waals surface area (Å²) in [6, 6.07) is 5.83. The van der Waals surface area contributed by atoms with Crippen molar-refractivity contribution in [3.63, 3.8) is 0 Å². The van der Waals surface area contributed by atoms with Gasteiger partial charge in [-0.3, -0.25) is 4.90 Å². The summed E-state index contributed by atoms with van der Waals surface area (Å²) >= 11 is 6.19. The van der Waals surface area contributed by atoms with E-state index in [9.17, 15) is 5.11 Å². The molecule has 136 valence electrons. The van der Waals surface area contributed by atoms with Gasteiger partial charge in [-0.25, -0.2) is 4.98 Å². The summed E-state index contributed by atoms with van der Waals surface area (Å²) in [6.45, 7) is 4.28. The maximum Gasteiger partial charge on any atom is 0.123 e. The number of hydrogen-bond donors (Lipinski definition) is 1. The molecule has 3 rings (SSSR count). The number of likely N-dealkylation sites (tertiary alicyclic amines) is 1. The van der Waals surface area contributed by atoms with Crippen LogP contribution in [0.15, 0.2) is 36.9 Å². The number of hydrogen-bond acceptors (Lipinski definition) is 4. The predicted octanol–water partition coefficient (Wildman–Crippen LogP) is 3.35. The largest absolute Gasteiger partial charge is 0.493 e. The van der Waals surface area contributed by atoms with Gasteiger partial charge in [-0.15, -0.1) is 0 Å². The second-order valence-corrected chi connectivity index (χ2v) is 7.05. The van der Waals surface area contributed by atoms with E-state index in [1.165, 1.54) is 0 Å². The Bertz CT molecular complexity index is 648. The molecule has 0 aliphatic carbocycles. The van der Waals surface area contributed by atoms with Crippen LogP contribution in [0.25, 0.3) is 0 Å². The van der Waals surface area contributed by atoms with Gasteiger partial charge in [0.2, 0.25) is 0 Å². The fraction of sp³-hybridized carbons (Fsp3) is 0.526. The average molecular weight is 364 g/mol. The highest BCUT2D eigenvalue weighted by atomic mass is 35.5. The summed E-state index contributed by atoms with van der Waals surface area (Å²) in [5.41, 5.74) is 1.12. The molecule has 25 heavy (non-hydrogen) atoms. The number of aromatic nitrogens is 2. The van der Waals surface area contributed by atoms with E-state index >= 15 is 0 Å². The number of halogens is 1. The van der Waals surface area contributed by atoms with Gasteiger partial charge in [0.15, 0.2) is 0 Å². The minimum atomic E-state index is -0.164. The van der Waals surface area contributed by atoms with E-state index < -0.39 is 0 Å². The van der Waals surface area contributed by atoms with Crippen LogP contribution in [0.1, 0.15) is 31.2 Å². The number of aliphatic hydroxyl groups is 1. The zero-order chi connectivity index (χ0) is 17.5. The predicted molar refractivity (Wildman–Crippen MR) is 98.9 cm³/mol. The number of rotatable bonds is 7. The van der Waals surface area contributed by atoms with Crippen LogP contribution in [0.2, 0.25) is 5.02 Å². The summed E-state index contributed by atoms with van der Waals surface area (Å²) in [6.07, 6.45) is 9.09. The molecule has 5 nitrogen and oxygen atoms in total. The first-order valence-corrected chi connectivity index (χ1v) is 9.36. The molecule has 0 saturated carbocycles. The maximum atomic E-state index is 9.81. The number of imidazole rings is 1. The van der Waals surface area contributed by atoms with Crippen molar-refractivity contribution in [1.29, 1.82) is 0 Å². The molecule has 1 unspecified atom stereocenters. The molecule has 1 aromatic carbocycles. The Morgan fingerprint density at radius 2 is 2.20 bits per heavy atom. The van der Waals surface area contributed by atoms with E-state index in [0.717, 1.165) is 68.2 Å². The van der Waals surface area contributed by atoms with Crippen LogP contribution in [-0.2, 0) is 13.1 Å². The van der Waals surface area contributed by atoms with Crippen molar-refractivity contribution >= 4 is 11.6 Å². The van der Waals surface area contributed by atoms with Crippen molar-refractivity contribution in [3.8, 4) is 5.75 Å². The van der Waals surface area contributed by atoms with Gasteiger partial charge >= 0.3 is 0 Å². The SMILES string of the molecule is OC1CCCN(Cc2cc(Cl)ccc2OCCCn2ccnc2)CC1. The molecule has 0 spiro atoms. The van der Waals surface area contributed by atoms with E-state index in [1.54, 1.807) is 6.20 Å². The zero-order valence-electron chi connectivity index (χ0n) is 14.5. The molecule has 0 amide bonds. The fourth-order valence-corrected chi connectivity index (χ4v) is 3.39. The van der Waals surface area contributed by atoms with E-state index in [1.807, 2.05) is 30.7 Å². The topological polar surface area (TPSA) is 50.5 Å². The van der Waals surface area contributed by atoms with Crippen LogP contribution in [0.5, 0.6) is 5.75 Å². The van der Waals surface area contributed by atoms with Crippen LogP contribution >= 0.6 is 11.6 Å². The number of nitrogens with zero attached hydrogens (tertiary/aromatic N) is 3. The van der Waals surface area contributed by atoms with E-state index in [0.29, 0.717) is 6.61 Å². The fourth-order valence-electron chi connectivity index (χ4n) is 3.20. The summed E-state index contributed by atoms with van der Waals surface area (Å²) in [5.74, 6) is 0.903. The van der Waals surface area contributed by atoms with Crippen LogP contribution in [0, 0.1) is 0 Å². The van der Waals surface area contributed by atoms with Gasteiger partial charge in [0.1, 0.15) is 5.75 Å². The van der Waals surface area contributed by atoms with Gasteiger partial charge in [-0.2, -0.15) is 0 Å². The standard InChI is InChI=1S/C19H26ClN3O2/c20-17-4-5-19(25-12-2-9-23-11-7-21-15-23)16(13-17)14-22-8-1-3-18(24)6-10-22/h4-5,7,11,13,15,18,24H,1-3,6,8-10,12,14H2. The lowest BCUT2D eigenvalue weighted by Crippen LogP contribution is -2.25.